The molecule has 0 saturated carbocycles. The standard InChI is InChI=1S/C8H19NOS/c1-4-8(2)11(10)7-5-6-9-3/h8-9H,4-7H2,1-3H3. The van der Waals surface area contributed by atoms with Gasteiger partial charge in [-0.15, -0.1) is 0 Å². The van der Waals surface area contributed by atoms with Crippen molar-refractivity contribution < 1.29 is 4.21 Å². The van der Waals surface area contributed by atoms with Crippen molar-refractivity contribution in [3.05, 3.63) is 0 Å². The van der Waals surface area contributed by atoms with Gasteiger partial charge in [0.1, 0.15) is 0 Å². The highest BCUT2D eigenvalue weighted by atomic mass is 32.2. The summed E-state index contributed by atoms with van der Waals surface area (Å²) in [5, 5.41) is 3.41. The van der Waals surface area contributed by atoms with Crippen LogP contribution in [0, 0.1) is 0 Å². The molecule has 68 valence electrons. The second-order valence-electron chi connectivity index (χ2n) is 2.76. The van der Waals surface area contributed by atoms with Crippen LogP contribution in [0.1, 0.15) is 26.7 Å². The molecule has 0 aliphatic heterocycles. The molecule has 0 bridgehead atoms. The summed E-state index contributed by atoms with van der Waals surface area (Å²) in [6.45, 7) is 5.11. The highest BCUT2D eigenvalue weighted by Crippen LogP contribution is 2.01. The number of rotatable bonds is 6. The summed E-state index contributed by atoms with van der Waals surface area (Å²) in [6, 6.07) is 0. The highest BCUT2D eigenvalue weighted by molar-refractivity contribution is 7.85. The van der Waals surface area contributed by atoms with E-state index in [0.29, 0.717) is 5.25 Å². The summed E-state index contributed by atoms with van der Waals surface area (Å²) in [5.74, 6) is 0.843. The van der Waals surface area contributed by atoms with Crippen LogP contribution < -0.4 is 5.32 Å². The van der Waals surface area contributed by atoms with E-state index in [-0.39, 0.29) is 0 Å². The number of hydrogen-bond acceptors (Lipinski definition) is 2. The Morgan fingerprint density at radius 2 is 2.18 bits per heavy atom. The molecule has 0 aliphatic rings. The largest absolute Gasteiger partial charge is 0.320 e. The van der Waals surface area contributed by atoms with E-state index in [0.717, 1.165) is 25.1 Å². The van der Waals surface area contributed by atoms with Crippen LogP contribution in [-0.2, 0) is 10.8 Å². The molecule has 0 heterocycles. The SMILES string of the molecule is CCC(C)S(=O)CCCNC. The minimum absolute atomic E-state index is 0.367. The summed E-state index contributed by atoms with van der Waals surface area (Å²) in [6.07, 6.45) is 2.04. The summed E-state index contributed by atoms with van der Waals surface area (Å²) in [5.41, 5.74) is 0. The maximum atomic E-state index is 11.3. The first kappa shape index (κ1) is 11.1. The topological polar surface area (TPSA) is 29.1 Å². The molecule has 2 atom stereocenters. The Morgan fingerprint density at radius 1 is 1.55 bits per heavy atom. The van der Waals surface area contributed by atoms with E-state index in [1.54, 1.807) is 0 Å². The van der Waals surface area contributed by atoms with Gasteiger partial charge in [0.15, 0.2) is 0 Å². The third kappa shape index (κ3) is 5.39. The molecule has 2 nitrogen and oxygen atoms in total. The van der Waals surface area contributed by atoms with Gasteiger partial charge < -0.3 is 5.32 Å². The normalized spacial score (nSPS) is 16.3. The van der Waals surface area contributed by atoms with Gasteiger partial charge in [-0.3, -0.25) is 4.21 Å². The van der Waals surface area contributed by atoms with E-state index in [1.807, 2.05) is 7.05 Å². The summed E-state index contributed by atoms with van der Waals surface area (Å²) < 4.78 is 11.3. The van der Waals surface area contributed by atoms with Crippen LogP contribution >= 0.6 is 0 Å². The van der Waals surface area contributed by atoms with Gasteiger partial charge in [0.25, 0.3) is 0 Å². The maximum Gasteiger partial charge on any atom is 0.0317 e. The summed E-state index contributed by atoms with van der Waals surface area (Å²) >= 11 is 0. The first-order chi connectivity index (χ1) is 5.22. The minimum atomic E-state index is -0.606. The zero-order valence-corrected chi connectivity index (χ0v) is 8.54. The van der Waals surface area contributed by atoms with Gasteiger partial charge in [-0.1, -0.05) is 13.8 Å². The van der Waals surface area contributed by atoms with Crippen LogP contribution in [0.25, 0.3) is 0 Å². The quantitative estimate of drug-likeness (QED) is 0.617. The molecule has 3 heteroatoms. The van der Waals surface area contributed by atoms with Gasteiger partial charge in [-0.25, -0.2) is 0 Å². The van der Waals surface area contributed by atoms with E-state index < -0.39 is 10.8 Å². The van der Waals surface area contributed by atoms with Crippen LogP contribution in [0.3, 0.4) is 0 Å². The van der Waals surface area contributed by atoms with E-state index in [1.165, 1.54) is 0 Å². The fraction of sp³-hybridized carbons (Fsp3) is 1.00. The van der Waals surface area contributed by atoms with Crippen LogP contribution in [0.5, 0.6) is 0 Å². The van der Waals surface area contributed by atoms with Crippen LogP contribution in [0.15, 0.2) is 0 Å². The van der Waals surface area contributed by atoms with Gasteiger partial charge in [0, 0.05) is 21.8 Å². The Labute approximate surface area is 72.2 Å². The number of hydrogen-bond donors (Lipinski definition) is 1. The molecule has 2 unspecified atom stereocenters. The monoisotopic (exact) mass is 177 g/mol. The molecule has 0 rings (SSSR count). The average Bonchev–Trinajstić information content (AvgIpc) is 2.03. The molecule has 0 aromatic rings. The van der Waals surface area contributed by atoms with Gasteiger partial charge >= 0.3 is 0 Å². The first-order valence-electron chi connectivity index (χ1n) is 4.24. The molecule has 0 aromatic carbocycles. The lowest BCUT2D eigenvalue weighted by molar-refractivity contribution is 0.664. The molecule has 0 aliphatic carbocycles. The predicted molar refractivity (Wildman–Crippen MR) is 51.3 cm³/mol. The lowest BCUT2D eigenvalue weighted by Gasteiger charge is -2.07. The summed E-state index contributed by atoms with van der Waals surface area (Å²) in [4.78, 5) is 0. The Kier molecular flexibility index (Phi) is 6.87. The van der Waals surface area contributed by atoms with E-state index in [2.05, 4.69) is 19.2 Å². The van der Waals surface area contributed by atoms with E-state index >= 15 is 0 Å². The predicted octanol–water partition coefficient (Wildman–Crippen LogP) is 1.14. The Balaban J connectivity index is 3.36. The van der Waals surface area contributed by atoms with E-state index in [9.17, 15) is 4.21 Å². The summed E-state index contributed by atoms with van der Waals surface area (Å²) in [7, 11) is 1.32. The van der Waals surface area contributed by atoms with Crippen molar-refractivity contribution in [1.82, 2.24) is 5.32 Å². The van der Waals surface area contributed by atoms with Gasteiger partial charge in [-0.05, 0) is 26.4 Å². The van der Waals surface area contributed by atoms with E-state index in [4.69, 9.17) is 0 Å². The molecular weight excluding hydrogens is 158 g/mol. The molecule has 0 saturated heterocycles. The van der Waals surface area contributed by atoms with Crippen LogP contribution in [-0.4, -0.2) is 28.8 Å². The van der Waals surface area contributed by atoms with Gasteiger partial charge in [0.2, 0.25) is 0 Å². The second kappa shape index (κ2) is 6.80. The van der Waals surface area contributed by atoms with Crippen LogP contribution in [0.4, 0.5) is 0 Å². The molecule has 0 aromatic heterocycles. The molecule has 0 fully saturated rings. The minimum Gasteiger partial charge on any atom is -0.320 e. The van der Waals surface area contributed by atoms with Crippen molar-refractivity contribution in [2.75, 3.05) is 19.3 Å². The Morgan fingerprint density at radius 3 is 2.64 bits per heavy atom. The van der Waals surface area contributed by atoms with Crippen molar-refractivity contribution >= 4 is 10.8 Å². The molecule has 1 N–H and O–H groups in total. The molecule has 11 heavy (non-hydrogen) atoms. The fourth-order valence-electron chi connectivity index (χ4n) is 0.778. The second-order valence-corrected chi connectivity index (χ2v) is 4.74. The number of nitrogens with one attached hydrogen (secondary N) is 1. The van der Waals surface area contributed by atoms with Crippen molar-refractivity contribution in [3.63, 3.8) is 0 Å². The third-order valence-electron chi connectivity index (χ3n) is 1.80. The Bertz CT molecular complexity index is 117. The highest BCUT2D eigenvalue weighted by Gasteiger charge is 2.06. The van der Waals surface area contributed by atoms with Crippen molar-refractivity contribution in [2.45, 2.75) is 31.9 Å². The third-order valence-corrected chi connectivity index (χ3v) is 3.72. The fourth-order valence-corrected chi connectivity index (χ4v) is 1.98. The lowest BCUT2D eigenvalue weighted by atomic mass is 10.4. The Hall–Kier alpha value is 0.110. The zero-order valence-electron chi connectivity index (χ0n) is 7.72. The zero-order chi connectivity index (χ0) is 8.69. The molecule has 0 spiro atoms. The lowest BCUT2D eigenvalue weighted by Crippen LogP contribution is -2.16. The maximum absolute atomic E-state index is 11.3. The molecule has 0 radical (unpaired) electrons. The molecule has 0 amide bonds. The first-order valence-corrected chi connectivity index (χ1v) is 5.62. The smallest absolute Gasteiger partial charge is 0.0317 e. The average molecular weight is 177 g/mol. The van der Waals surface area contributed by atoms with Crippen LogP contribution in [0.2, 0.25) is 0 Å². The molecular formula is C8H19NOS. The van der Waals surface area contributed by atoms with Crippen molar-refractivity contribution in [3.8, 4) is 0 Å². The van der Waals surface area contributed by atoms with Crippen molar-refractivity contribution in [2.24, 2.45) is 0 Å². The van der Waals surface area contributed by atoms with Crippen molar-refractivity contribution in [1.29, 1.82) is 0 Å². The van der Waals surface area contributed by atoms with Gasteiger partial charge in [0.05, 0.1) is 0 Å². The van der Waals surface area contributed by atoms with Gasteiger partial charge in [-0.2, -0.15) is 0 Å².